The van der Waals surface area contributed by atoms with Crippen LogP contribution in [0.25, 0.3) is 0 Å². The lowest BCUT2D eigenvalue weighted by Crippen LogP contribution is -2.40. The molecule has 0 aromatic heterocycles. The van der Waals surface area contributed by atoms with E-state index >= 15 is 0 Å². The molecule has 3 aromatic rings. The maximum atomic E-state index is 13.4. The van der Waals surface area contributed by atoms with Gasteiger partial charge in [0.15, 0.2) is 0 Å². The van der Waals surface area contributed by atoms with Crippen LogP contribution in [0.3, 0.4) is 0 Å². The summed E-state index contributed by atoms with van der Waals surface area (Å²) in [6.07, 6.45) is 2.47. The van der Waals surface area contributed by atoms with Crippen molar-refractivity contribution in [2.24, 2.45) is 5.92 Å². The molecule has 4 heteroatoms. The minimum atomic E-state index is -0.702. The molecular weight excluding hydrogens is 494 g/mol. The fraction of sp³-hybridized carbons (Fsp3) is 0.472. The monoisotopic (exact) mass is 543 g/mol. The molecule has 40 heavy (non-hydrogen) atoms. The Morgan fingerprint density at radius 3 is 2.10 bits per heavy atom. The Balaban J connectivity index is 1.96. The van der Waals surface area contributed by atoms with Gasteiger partial charge >= 0.3 is 5.97 Å². The first kappa shape index (κ1) is 31.6. The number of carbonyl (C=O) groups excluding carboxylic acids is 1. The van der Waals surface area contributed by atoms with Gasteiger partial charge in [0.25, 0.3) is 0 Å². The number of hydrogen-bond donors (Lipinski definition) is 1. The molecule has 4 nitrogen and oxygen atoms in total. The van der Waals surface area contributed by atoms with E-state index in [1.165, 1.54) is 33.4 Å². The van der Waals surface area contributed by atoms with Gasteiger partial charge in [0.2, 0.25) is 0 Å². The highest BCUT2D eigenvalue weighted by Gasteiger charge is 2.32. The minimum Gasteiger partial charge on any atom is -0.456 e. The summed E-state index contributed by atoms with van der Waals surface area (Å²) in [4.78, 5) is 15.9. The number of aliphatic hydroxyl groups excluding tert-OH is 1. The Kier molecular flexibility index (Phi) is 12.0. The Hall–Kier alpha value is -2.95. The lowest BCUT2D eigenvalue weighted by molar-refractivity contribution is -0.161. The van der Waals surface area contributed by atoms with Gasteiger partial charge in [-0.25, -0.2) is 0 Å². The van der Waals surface area contributed by atoms with Crippen LogP contribution in [-0.4, -0.2) is 28.1 Å². The van der Waals surface area contributed by atoms with E-state index in [4.69, 9.17) is 4.74 Å². The van der Waals surface area contributed by atoms with E-state index in [9.17, 15) is 9.90 Å². The molecule has 0 aliphatic heterocycles. The first-order chi connectivity index (χ1) is 19.1. The molecule has 0 fully saturated rings. The Morgan fingerprint density at radius 1 is 0.850 bits per heavy atom. The van der Waals surface area contributed by atoms with Crippen molar-refractivity contribution >= 4 is 5.97 Å². The quantitative estimate of drug-likeness (QED) is 0.165. The molecule has 3 rings (SSSR count). The second-order valence-corrected chi connectivity index (χ2v) is 11.6. The number of rotatable bonds is 14. The molecule has 0 aliphatic rings. The third-order valence-corrected chi connectivity index (χ3v) is 8.27. The second-order valence-electron chi connectivity index (χ2n) is 11.6. The molecular formula is C36H49NO3. The molecule has 1 N–H and O–H groups in total. The molecule has 0 unspecified atom stereocenters. The average Bonchev–Trinajstić information content (AvgIpc) is 2.93. The molecule has 216 valence electrons. The van der Waals surface area contributed by atoms with Crippen molar-refractivity contribution in [3.05, 3.63) is 106 Å². The highest BCUT2D eigenvalue weighted by atomic mass is 16.5. The molecule has 0 heterocycles. The van der Waals surface area contributed by atoms with Gasteiger partial charge < -0.3 is 9.84 Å². The second kappa shape index (κ2) is 15.2. The fourth-order valence-corrected chi connectivity index (χ4v) is 5.53. The maximum absolute atomic E-state index is 13.4. The first-order valence-corrected chi connectivity index (χ1v) is 14.9. The molecule has 3 aromatic carbocycles. The number of ether oxygens (including phenoxy) is 1. The van der Waals surface area contributed by atoms with Crippen LogP contribution >= 0.6 is 0 Å². The van der Waals surface area contributed by atoms with Gasteiger partial charge in [-0.2, -0.15) is 0 Å². The zero-order valence-electron chi connectivity index (χ0n) is 25.6. The van der Waals surface area contributed by atoms with Crippen molar-refractivity contribution in [1.82, 2.24) is 4.90 Å². The van der Waals surface area contributed by atoms with Gasteiger partial charge in [0.1, 0.15) is 6.10 Å². The largest absolute Gasteiger partial charge is 0.456 e. The van der Waals surface area contributed by atoms with Crippen molar-refractivity contribution in [2.45, 2.75) is 105 Å². The van der Waals surface area contributed by atoms with E-state index in [0.29, 0.717) is 6.42 Å². The Labute approximate surface area is 242 Å². The van der Waals surface area contributed by atoms with Crippen molar-refractivity contribution in [2.75, 3.05) is 0 Å². The first-order valence-electron chi connectivity index (χ1n) is 14.9. The topological polar surface area (TPSA) is 49.8 Å². The summed E-state index contributed by atoms with van der Waals surface area (Å²) in [5, 5.41) is 10.7. The SMILES string of the molecule is CCCCC[C@H](O)[C@@H](C)C(=O)O[C@H](c1ccccc1)[C@H](C)N(Cc1ccccc1C)Cc1c(C)cc(C)cc1C. The number of aryl methyl sites for hydroxylation is 4. The van der Waals surface area contributed by atoms with Gasteiger partial charge in [-0.15, -0.1) is 0 Å². The zero-order chi connectivity index (χ0) is 29.2. The summed E-state index contributed by atoms with van der Waals surface area (Å²) < 4.78 is 6.31. The van der Waals surface area contributed by atoms with E-state index in [2.05, 4.69) is 82.8 Å². The summed E-state index contributed by atoms with van der Waals surface area (Å²) in [7, 11) is 0. The molecule has 0 saturated carbocycles. The summed E-state index contributed by atoms with van der Waals surface area (Å²) in [6, 6.07) is 22.9. The lowest BCUT2D eigenvalue weighted by atomic mass is 9.95. The smallest absolute Gasteiger partial charge is 0.311 e. The number of unbranched alkanes of at least 4 members (excludes halogenated alkanes) is 2. The molecule has 4 atom stereocenters. The summed E-state index contributed by atoms with van der Waals surface area (Å²) in [5.74, 6) is -0.926. The van der Waals surface area contributed by atoms with Gasteiger partial charge in [-0.3, -0.25) is 9.69 Å². The van der Waals surface area contributed by atoms with Crippen LogP contribution < -0.4 is 0 Å². The van der Waals surface area contributed by atoms with Gasteiger partial charge in [0, 0.05) is 19.1 Å². The van der Waals surface area contributed by atoms with Gasteiger partial charge in [-0.05, 0) is 81.3 Å². The van der Waals surface area contributed by atoms with Gasteiger partial charge in [-0.1, -0.05) is 98.5 Å². The highest BCUT2D eigenvalue weighted by Crippen LogP contribution is 2.31. The predicted octanol–water partition coefficient (Wildman–Crippen LogP) is 8.17. The summed E-state index contributed by atoms with van der Waals surface area (Å²) in [6.45, 7) is 16.2. The van der Waals surface area contributed by atoms with E-state index in [1.54, 1.807) is 6.92 Å². The van der Waals surface area contributed by atoms with Crippen molar-refractivity contribution in [1.29, 1.82) is 0 Å². The average molecular weight is 544 g/mol. The van der Waals surface area contributed by atoms with Crippen LogP contribution in [0, 0.1) is 33.6 Å². The van der Waals surface area contributed by atoms with Crippen molar-refractivity contribution in [3.63, 3.8) is 0 Å². The number of hydrogen-bond acceptors (Lipinski definition) is 4. The lowest BCUT2D eigenvalue weighted by Gasteiger charge is -2.36. The van der Waals surface area contributed by atoms with Crippen LogP contribution in [0.15, 0.2) is 66.7 Å². The number of aliphatic hydroxyl groups is 1. The number of carbonyl (C=O) groups is 1. The Bertz CT molecular complexity index is 1200. The molecule has 0 aliphatic carbocycles. The number of esters is 1. The van der Waals surface area contributed by atoms with E-state index in [-0.39, 0.29) is 12.0 Å². The van der Waals surface area contributed by atoms with Gasteiger partial charge in [0.05, 0.1) is 12.0 Å². The summed E-state index contributed by atoms with van der Waals surface area (Å²) >= 11 is 0. The van der Waals surface area contributed by atoms with Crippen LogP contribution in [0.4, 0.5) is 0 Å². The number of benzene rings is 3. The van der Waals surface area contributed by atoms with Crippen LogP contribution in [0.1, 0.15) is 91.5 Å². The van der Waals surface area contributed by atoms with Crippen LogP contribution in [-0.2, 0) is 22.6 Å². The molecule has 0 saturated heterocycles. The normalized spacial score (nSPS) is 14.5. The van der Waals surface area contributed by atoms with Crippen LogP contribution in [0.2, 0.25) is 0 Å². The molecule has 0 radical (unpaired) electrons. The third kappa shape index (κ3) is 8.52. The highest BCUT2D eigenvalue weighted by molar-refractivity contribution is 5.73. The summed E-state index contributed by atoms with van der Waals surface area (Å²) in [5.41, 5.74) is 8.59. The van der Waals surface area contributed by atoms with E-state index in [0.717, 1.165) is 37.9 Å². The van der Waals surface area contributed by atoms with E-state index in [1.807, 2.05) is 30.3 Å². The molecule has 0 bridgehead atoms. The zero-order valence-corrected chi connectivity index (χ0v) is 25.6. The van der Waals surface area contributed by atoms with E-state index < -0.39 is 18.1 Å². The predicted molar refractivity (Wildman–Crippen MR) is 165 cm³/mol. The third-order valence-electron chi connectivity index (χ3n) is 8.27. The standard InChI is InChI=1S/C36H49NO3/c1-8-9-11-20-34(38)29(6)36(39)40-35(31-17-12-10-13-18-31)30(7)37(23-32-19-15-14-16-26(32)3)24-33-27(4)21-25(2)22-28(33)5/h10,12-19,21-22,29-30,34-35,38H,8-9,11,20,23-24H2,1-7H3/t29-,30+,34+,35+/m1/s1. The minimum absolute atomic E-state index is 0.115. The molecule has 0 amide bonds. The maximum Gasteiger partial charge on any atom is 0.311 e. The van der Waals surface area contributed by atoms with Crippen LogP contribution in [0.5, 0.6) is 0 Å². The molecule has 0 spiro atoms. The fourth-order valence-electron chi connectivity index (χ4n) is 5.53. The van der Waals surface area contributed by atoms with Crippen molar-refractivity contribution < 1.29 is 14.6 Å². The Morgan fingerprint density at radius 2 is 1.48 bits per heavy atom. The van der Waals surface area contributed by atoms with Crippen molar-refractivity contribution in [3.8, 4) is 0 Å². The number of nitrogens with zero attached hydrogens (tertiary/aromatic N) is 1.